The van der Waals surface area contributed by atoms with Crippen molar-refractivity contribution in [3.63, 3.8) is 0 Å². The Kier molecular flexibility index (Phi) is 5.99. The first-order valence-electron chi connectivity index (χ1n) is 8.65. The Bertz CT molecular complexity index is 1110. The fraction of sp³-hybridized carbons (Fsp3) is 0.375. The minimum atomic E-state index is -5.08. The predicted octanol–water partition coefficient (Wildman–Crippen LogP) is 2.53. The minimum Gasteiger partial charge on any atom is -0.483 e. The van der Waals surface area contributed by atoms with Crippen molar-refractivity contribution in [1.82, 2.24) is 9.78 Å². The van der Waals surface area contributed by atoms with Crippen molar-refractivity contribution in [3.8, 4) is 5.75 Å². The molecule has 31 heavy (non-hydrogen) atoms. The van der Waals surface area contributed by atoms with Crippen molar-refractivity contribution in [3.05, 3.63) is 29.5 Å². The molecule has 10 nitrogen and oxygen atoms in total. The van der Waals surface area contributed by atoms with Crippen LogP contribution in [0.25, 0.3) is 0 Å². The highest BCUT2D eigenvalue weighted by atomic mass is 35.5. The van der Waals surface area contributed by atoms with E-state index in [-0.39, 0.29) is 23.7 Å². The number of nitrogens with zero attached hydrogens (tertiary/aromatic N) is 3. The summed E-state index contributed by atoms with van der Waals surface area (Å²) in [6, 6.07) is 3.34. The van der Waals surface area contributed by atoms with Crippen LogP contribution in [0.4, 0.5) is 29.3 Å². The van der Waals surface area contributed by atoms with Crippen LogP contribution in [0.1, 0.15) is 6.92 Å². The molecule has 170 valence electrons. The number of halogens is 4. The molecule has 0 saturated carbocycles. The summed E-state index contributed by atoms with van der Waals surface area (Å²) in [5.41, 5.74) is -0.294. The first kappa shape index (κ1) is 23.0. The quantitative estimate of drug-likeness (QED) is 0.593. The van der Waals surface area contributed by atoms with Gasteiger partial charge in [0.05, 0.1) is 12.2 Å². The van der Waals surface area contributed by atoms with E-state index in [1.54, 1.807) is 6.92 Å². The van der Waals surface area contributed by atoms with Crippen molar-refractivity contribution >= 4 is 39.1 Å². The van der Waals surface area contributed by atoms with Gasteiger partial charge in [0.25, 0.3) is 10.0 Å². The number of anilines is 2. The molecule has 0 saturated heterocycles. The van der Waals surface area contributed by atoms with Gasteiger partial charge in [-0.2, -0.15) is 18.3 Å². The fourth-order valence-corrected chi connectivity index (χ4v) is 4.84. The molecule has 3 rings (SSSR count). The number of carboxylic acid groups (broad SMARTS) is 1. The number of aliphatic hydroxyl groups is 1. The van der Waals surface area contributed by atoms with Crippen LogP contribution >= 0.6 is 11.6 Å². The van der Waals surface area contributed by atoms with Gasteiger partial charge >= 0.3 is 12.3 Å². The van der Waals surface area contributed by atoms with Crippen LogP contribution in [0, 0.1) is 0 Å². The Balaban J connectivity index is 2.13. The zero-order valence-electron chi connectivity index (χ0n) is 15.7. The average Bonchev–Trinajstić information content (AvgIpc) is 3.07. The van der Waals surface area contributed by atoms with E-state index in [0.717, 1.165) is 18.3 Å². The number of aryl methyl sites for hydroxylation is 1. The Labute approximate surface area is 178 Å². The van der Waals surface area contributed by atoms with E-state index in [2.05, 4.69) is 5.10 Å². The number of benzene rings is 1. The fourth-order valence-electron chi connectivity index (χ4n) is 2.91. The van der Waals surface area contributed by atoms with Crippen LogP contribution in [0.5, 0.6) is 5.75 Å². The topological polar surface area (TPSA) is 134 Å². The summed E-state index contributed by atoms with van der Waals surface area (Å²) in [7, 11) is -4.57. The molecule has 0 unspecified atom stereocenters. The Morgan fingerprint density at radius 1 is 1.45 bits per heavy atom. The summed E-state index contributed by atoms with van der Waals surface area (Å²) in [6.07, 6.45) is -10.4. The molecule has 2 atom stereocenters. The van der Waals surface area contributed by atoms with Gasteiger partial charge in [-0.15, -0.1) is 0 Å². The zero-order chi connectivity index (χ0) is 23.1. The molecule has 2 heterocycles. The lowest BCUT2D eigenvalue weighted by atomic mass is 10.1. The van der Waals surface area contributed by atoms with Crippen LogP contribution in [-0.2, 0) is 16.6 Å². The van der Waals surface area contributed by atoms with Gasteiger partial charge in [-0.1, -0.05) is 11.6 Å². The first-order valence-corrected chi connectivity index (χ1v) is 10.5. The van der Waals surface area contributed by atoms with Gasteiger partial charge in [-0.25, -0.2) is 13.2 Å². The number of hydrogen-bond acceptors (Lipinski definition) is 6. The maximum atomic E-state index is 13.3. The van der Waals surface area contributed by atoms with Gasteiger partial charge in [-0.3, -0.25) is 14.3 Å². The van der Waals surface area contributed by atoms with Gasteiger partial charge in [-0.05, 0) is 25.1 Å². The van der Waals surface area contributed by atoms with Gasteiger partial charge in [0.15, 0.2) is 17.4 Å². The summed E-state index contributed by atoms with van der Waals surface area (Å²) in [6.45, 7) is 1.03. The lowest BCUT2D eigenvalue weighted by Crippen LogP contribution is -2.53. The normalized spacial score (nSPS) is 17.6. The maximum absolute atomic E-state index is 13.3. The second kappa shape index (κ2) is 8.09. The number of ether oxygens (including phenoxy) is 1. The number of aromatic nitrogens is 2. The number of amides is 1. The molecule has 0 radical (unpaired) electrons. The van der Waals surface area contributed by atoms with Crippen LogP contribution in [0.3, 0.4) is 0 Å². The molecular weight excluding hydrogens is 469 g/mol. The second-order valence-corrected chi connectivity index (χ2v) is 8.62. The standard InChI is InChI=1S/C16H16ClF3N4O6S/c1-2-23-7-12(14(17)22-23)31(28,29)24-6-11(13(25)16(18,19)20)30-10-4-3-8(5-9(10)24)21-15(26)27/h3-5,7,11,13,21,25H,2,6H2,1H3,(H,26,27)/t11-,13+/m1/s1. The number of rotatable bonds is 5. The monoisotopic (exact) mass is 484 g/mol. The maximum Gasteiger partial charge on any atom is 0.418 e. The summed E-state index contributed by atoms with van der Waals surface area (Å²) >= 11 is 5.94. The number of hydrogen-bond donors (Lipinski definition) is 3. The summed E-state index contributed by atoms with van der Waals surface area (Å²) < 4.78 is 72.8. The minimum absolute atomic E-state index is 0.0554. The SMILES string of the molecule is CCn1cc(S(=O)(=O)N2C[C@H]([C@H](O)C(F)(F)F)Oc3ccc(NC(=O)O)cc32)c(Cl)n1. The van der Waals surface area contributed by atoms with Crippen molar-refractivity contribution in [2.75, 3.05) is 16.2 Å². The molecule has 1 aromatic heterocycles. The van der Waals surface area contributed by atoms with Crippen LogP contribution in [0.15, 0.2) is 29.3 Å². The van der Waals surface area contributed by atoms with E-state index in [1.807, 2.05) is 5.32 Å². The highest BCUT2D eigenvalue weighted by molar-refractivity contribution is 7.93. The molecule has 1 aromatic carbocycles. The van der Waals surface area contributed by atoms with Gasteiger partial charge < -0.3 is 14.9 Å². The molecule has 0 aliphatic carbocycles. The highest BCUT2D eigenvalue weighted by Crippen LogP contribution is 2.41. The number of aliphatic hydroxyl groups excluding tert-OH is 1. The number of nitrogens with one attached hydrogen (secondary N) is 1. The van der Waals surface area contributed by atoms with Crippen LogP contribution < -0.4 is 14.4 Å². The lowest BCUT2D eigenvalue weighted by Gasteiger charge is -2.37. The highest BCUT2D eigenvalue weighted by Gasteiger charge is 2.49. The molecular formula is C16H16ClF3N4O6S. The van der Waals surface area contributed by atoms with Crippen molar-refractivity contribution in [2.24, 2.45) is 0 Å². The molecule has 0 spiro atoms. The van der Waals surface area contributed by atoms with E-state index >= 15 is 0 Å². The second-order valence-electron chi connectivity index (χ2n) is 6.43. The molecule has 2 aromatic rings. The van der Waals surface area contributed by atoms with E-state index in [0.29, 0.717) is 4.31 Å². The van der Waals surface area contributed by atoms with Gasteiger partial charge in [0.1, 0.15) is 10.6 Å². The van der Waals surface area contributed by atoms with Crippen LogP contribution in [0.2, 0.25) is 5.15 Å². The number of fused-ring (bicyclic) bond motifs is 1. The van der Waals surface area contributed by atoms with Crippen LogP contribution in [-0.4, -0.2) is 59.4 Å². The molecule has 1 aliphatic rings. The Morgan fingerprint density at radius 2 is 2.13 bits per heavy atom. The van der Waals surface area contributed by atoms with E-state index < -0.39 is 51.1 Å². The predicted molar refractivity (Wildman–Crippen MR) is 102 cm³/mol. The van der Waals surface area contributed by atoms with Gasteiger partial charge in [0, 0.05) is 18.4 Å². The Hall–Kier alpha value is -2.71. The van der Waals surface area contributed by atoms with Gasteiger partial charge in [0.2, 0.25) is 0 Å². The smallest absolute Gasteiger partial charge is 0.418 e. The molecule has 1 aliphatic heterocycles. The number of sulfonamides is 1. The van der Waals surface area contributed by atoms with E-state index in [4.69, 9.17) is 21.4 Å². The van der Waals surface area contributed by atoms with E-state index in [9.17, 15) is 31.5 Å². The third-order valence-electron chi connectivity index (χ3n) is 4.37. The summed E-state index contributed by atoms with van der Waals surface area (Å²) in [5.74, 6) is -0.307. The third-order valence-corrected chi connectivity index (χ3v) is 6.54. The molecule has 0 bridgehead atoms. The molecule has 3 N–H and O–H groups in total. The van der Waals surface area contributed by atoms with Crippen molar-refractivity contribution < 1.29 is 41.3 Å². The van der Waals surface area contributed by atoms with E-state index in [1.165, 1.54) is 10.7 Å². The van der Waals surface area contributed by atoms with Crippen molar-refractivity contribution in [1.29, 1.82) is 0 Å². The molecule has 1 amide bonds. The molecule has 15 heteroatoms. The van der Waals surface area contributed by atoms with Crippen molar-refractivity contribution in [2.45, 2.75) is 36.7 Å². The summed E-state index contributed by atoms with van der Waals surface area (Å²) in [5, 5.41) is 24.0. The lowest BCUT2D eigenvalue weighted by molar-refractivity contribution is -0.225. The first-order chi connectivity index (χ1) is 14.3. The Morgan fingerprint density at radius 3 is 2.68 bits per heavy atom. The average molecular weight is 485 g/mol. The zero-order valence-corrected chi connectivity index (χ0v) is 17.2. The summed E-state index contributed by atoms with van der Waals surface area (Å²) in [4.78, 5) is 10.4. The third kappa shape index (κ3) is 4.50. The molecule has 0 fully saturated rings. The largest absolute Gasteiger partial charge is 0.483 e. The number of alkyl halides is 3. The number of carbonyl (C=O) groups is 1.